The summed E-state index contributed by atoms with van der Waals surface area (Å²) in [6.07, 6.45) is 0. The minimum atomic E-state index is -0.177. The molecule has 2 rings (SSSR count). The van der Waals surface area contributed by atoms with Gasteiger partial charge in [0.2, 0.25) is 0 Å². The second-order valence-electron chi connectivity index (χ2n) is 5.36. The molecule has 0 saturated heterocycles. The quantitative estimate of drug-likeness (QED) is 0.879. The van der Waals surface area contributed by atoms with Crippen LogP contribution in [0.5, 0.6) is 0 Å². The van der Waals surface area contributed by atoms with Gasteiger partial charge in [-0.2, -0.15) is 0 Å². The summed E-state index contributed by atoms with van der Waals surface area (Å²) in [5.74, 6) is -0.177. The Morgan fingerprint density at radius 1 is 1.14 bits per heavy atom. The Balaban J connectivity index is 2.22. The highest BCUT2D eigenvalue weighted by atomic mass is 79.9. The smallest absolute Gasteiger partial charge is 0.127 e. The van der Waals surface area contributed by atoms with E-state index >= 15 is 0 Å². The molecule has 2 nitrogen and oxygen atoms in total. The molecule has 112 valence electrons. The number of rotatable bonds is 5. The molecule has 0 heterocycles. The van der Waals surface area contributed by atoms with Gasteiger partial charge >= 0.3 is 0 Å². The molecule has 0 aliphatic heterocycles. The molecule has 2 atom stereocenters. The lowest BCUT2D eigenvalue weighted by atomic mass is 9.99. The molecule has 4 heteroatoms. The molecule has 0 spiro atoms. The van der Waals surface area contributed by atoms with E-state index in [0.29, 0.717) is 12.1 Å². The van der Waals surface area contributed by atoms with Gasteiger partial charge in [0, 0.05) is 28.7 Å². The normalized spacial score (nSPS) is 14.2. The van der Waals surface area contributed by atoms with Gasteiger partial charge in [-0.1, -0.05) is 46.3 Å². The predicted octanol–water partition coefficient (Wildman–Crippen LogP) is 4.11. The molecule has 0 bridgehead atoms. The van der Waals surface area contributed by atoms with Crippen LogP contribution in [0.2, 0.25) is 0 Å². The van der Waals surface area contributed by atoms with Gasteiger partial charge in [0.1, 0.15) is 5.82 Å². The first-order valence-corrected chi connectivity index (χ1v) is 7.73. The molecule has 21 heavy (non-hydrogen) atoms. The predicted molar refractivity (Wildman–Crippen MR) is 88.4 cm³/mol. The molecule has 0 aliphatic carbocycles. The zero-order valence-electron chi connectivity index (χ0n) is 12.3. The lowest BCUT2D eigenvalue weighted by Crippen LogP contribution is -2.37. The van der Waals surface area contributed by atoms with E-state index in [9.17, 15) is 4.39 Å². The molecule has 2 aromatic rings. The number of hydrogen-bond acceptors (Lipinski definition) is 2. The maximum atomic E-state index is 13.8. The molecule has 0 fully saturated rings. The summed E-state index contributed by atoms with van der Waals surface area (Å²) in [5.41, 5.74) is 7.97. The maximum absolute atomic E-state index is 13.8. The van der Waals surface area contributed by atoms with Gasteiger partial charge in [0.25, 0.3) is 0 Å². The van der Waals surface area contributed by atoms with Gasteiger partial charge in [0.05, 0.1) is 0 Å². The highest BCUT2D eigenvalue weighted by Crippen LogP contribution is 2.26. The van der Waals surface area contributed by atoms with Gasteiger partial charge in [-0.3, -0.25) is 4.90 Å². The summed E-state index contributed by atoms with van der Waals surface area (Å²) in [6.45, 7) is 2.50. The van der Waals surface area contributed by atoms with Gasteiger partial charge < -0.3 is 5.73 Å². The van der Waals surface area contributed by atoms with E-state index in [1.165, 1.54) is 6.07 Å². The van der Waals surface area contributed by atoms with E-state index in [0.717, 1.165) is 10.0 Å². The number of benzene rings is 2. The van der Waals surface area contributed by atoms with Crippen molar-refractivity contribution in [2.45, 2.75) is 25.6 Å². The van der Waals surface area contributed by atoms with E-state index in [2.05, 4.69) is 33.0 Å². The first-order chi connectivity index (χ1) is 9.99. The van der Waals surface area contributed by atoms with Crippen LogP contribution in [-0.4, -0.2) is 18.0 Å². The van der Waals surface area contributed by atoms with Crippen LogP contribution >= 0.6 is 15.9 Å². The summed E-state index contributed by atoms with van der Waals surface area (Å²) in [4.78, 5) is 2.09. The van der Waals surface area contributed by atoms with Gasteiger partial charge in [-0.15, -0.1) is 0 Å². The van der Waals surface area contributed by atoms with Crippen molar-refractivity contribution in [1.29, 1.82) is 0 Å². The fourth-order valence-electron chi connectivity index (χ4n) is 2.61. The second-order valence-corrected chi connectivity index (χ2v) is 6.28. The molecule has 0 saturated carbocycles. The summed E-state index contributed by atoms with van der Waals surface area (Å²) >= 11 is 3.44. The summed E-state index contributed by atoms with van der Waals surface area (Å²) < 4.78 is 14.8. The molecule has 0 amide bonds. The Kier molecular flexibility index (Phi) is 5.51. The first kappa shape index (κ1) is 16.1. The molecule has 2 aromatic carbocycles. The third kappa shape index (κ3) is 4.13. The lowest BCUT2D eigenvalue weighted by Gasteiger charge is -2.31. The third-order valence-electron chi connectivity index (χ3n) is 3.56. The van der Waals surface area contributed by atoms with Crippen molar-refractivity contribution in [3.05, 3.63) is 69.9 Å². The number of likely N-dealkylation sites (N-methyl/N-ethyl adjacent to an activating group) is 1. The molecule has 0 aliphatic rings. The molecular weight excluding hydrogens is 331 g/mol. The highest BCUT2D eigenvalue weighted by Gasteiger charge is 2.22. The summed E-state index contributed by atoms with van der Waals surface area (Å²) in [7, 11) is 1.97. The van der Waals surface area contributed by atoms with Crippen LogP contribution in [0.3, 0.4) is 0 Å². The monoisotopic (exact) mass is 350 g/mol. The second kappa shape index (κ2) is 7.16. The fraction of sp³-hybridized carbons (Fsp3) is 0.294. The van der Waals surface area contributed by atoms with Crippen LogP contribution in [0, 0.1) is 5.82 Å². The molecule has 2 unspecified atom stereocenters. The largest absolute Gasteiger partial charge is 0.326 e. The zero-order chi connectivity index (χ0) is 15.4. The van der Waals surface area contributed by atoms with E-state index in [1.807, 2.05) is 38.2 Å². The van der Waals surface area contributed by atoms with Crippen molar-refractivity contribution in [2.24, 2.45) is 5.73 Å². The average molecular weight is 351 g/mol. The van der Waals surface area contributed by atoms with Crippen LogP contribution in [0.1, 0.15) is 24.1 Å². The topological polar surface area (TPSA) is 29.3 Å². The number of hydrogen-bond donors (Lipinski definition) is 1. The Bertz CT molecular complexity index is 584. The Morgan fingerprint density at radius 3 is 2.33 bits per heavy atom. The third-order valence-corrected chi connectivity index (χ3v) is 4.09. The molecule has 2 N–H and O–H groups in total. The van der Waals surface area contributed by atoms with Gasteiger partial charge in [0.15, 0.2) is 0 Å². The molecule has 0 aromatic heterocycles. The molecule has 0 radical (unpaired) electrons. The Morgan fingerprint density at radius 2 is 1.76 bits per heavy atom. The van der Waals surface area contributed by atoms with E-state index < -0.39 is 0 Å². The number of halogens is 2. The Hall–Kier alpha value is -1.23. The van der Waals surface area contributed by atoms with Crippen molar-refractivity contribution in [2.75, 3.05) is 7.05 Å². The van der Waals surface area contributed by atoms with Crippen molar-refractivity contribution in [3.63, 3.8) is 0 Å². The minimum Gasteiger partial charge on any atom is -0.326 e. The summed E-state index contributed by atoms with van der Waals surface area (Å²) in [6, 6.07) is 15.0. The van der Waals surface area contributed by atoms with Crippen LogP contribution < -0.4 is 5.73 Å². The van der Waals surface area contributed by atoms with Crippen LogP contribution in [-0.2, 0) is 6.54 Å². The zero-order valence-corrected chi connectivity index (χ0v) is 13.8. The van der Waals surface area contributed by atoms with Gasteiger partial charge in [-0.05, 0) is 37.7 Å². The Labute approximate surface area is 133 Å². The van der Waals surface area contributed by atoms with E-state index in [4.69, 9.17) is 5.73 Å². The average Bonchev–Trinajstić information content (AvgIpc) is 2.43. The SMILES string of the molecule is CC(N)C(c1ccc(Br)cc1)N(C)Cc1ccccc1F. The summed E-state index contributed by atoms with van der Waals surface area (Å²) in [5, 5.41) is 0. The van der Waals surface area contributed by atoms with Crippen molar-refractivity contribution < 1.29 is 4.39 Å². The van der Waals surface area contributed by atoms with Crippen molar-refractivity contribution in [1.82, 2.24) is 4.90 Å². The fourth-order valence-corrected chi connectivity index (χ4v) is 2.88. The van der Waals surface area contributed by atoms with Crippen LogP contribution in [0.15, 0.2) is 53.0 Å². The first-order valence-electron chi connectivity index (χ1n) is 6.93. The van der Waals surface area contributed by atoms with Gasteiger partial charge in [-0.25, -0.2) is 4.39 Å². The van der Waals surface area contributed by atoms with E-state index in [1.54, 1.807) is 6.07 Å². The van der Waals surface area contributed by atoms with E-state index in [-0.39, 0.29) is 17.9 Å². The maximum Gasteiger partial charge on any atom is 0.127 e. The minimum absolute atomic E-state index is 0.0395. The van der Waals surface area contributed by atoms with Crippen LogP contribution in [0.4, 0.5) is 4.39 Å². The highest BCUT2D eigenvalue weighted by molar-refractivity contribution is 9.10. The molecular formula is C17H20BrFN2. The van der Waals surface area contributed by atoms with Crippen molar-refractivity contribution in [3.8, 4) is 0 Å². The van der Waals surface area contributed by atoms with Crippen LogP contribution in [0.25, 0.3) is 0 Å². The van der Waals surface area contributed by atoms with Crippen molar-refractivity contribution >= 4 is 15.9 Å². The number of nitrogens with two attached hydrogens (primary N) is 1. The lowest BCUT2D eigenvalue weighted by molar-refractivity contribution is 0.208. The number of nitrogens with zero attached hydrogens (tertiary/aromatic N) is 1. The standard InChI is InChI=1S/C17H20BrFN2/c1-12(20)17(13-7-9-15(18)10-8-13)21(2)11-14-5-3-4-6-16(14)19/h3-10,12,17H,11,20H2,1-2H3.